The minimum absolute atomic E-state index is 0.0963. The number of aryl methyl sites for hydroxylation is 1. The van der Waals surface area contributed by atoms with Gasteiger partial charge in [-0.15, -0.1) is 0 Å². The number of aromatic carboxylic acids is 1. The predicted octanol–water partition coefficient (Wildman–Crippen LogP) is 8.00. The number of carbonyl (C=O) groups is 2. The Kier molecular flexibility index (Phi) is 10.4. The third-order valence-electron chi connectivity index (χ3n) is 8.39. The monoisotopic (exact) mass is 571 g/mol. The lowest BCUT2D eigenvalue weighted by molar-refractivity contribution is -0.137. The highest BCUT2D eigenvalue weighted by Crippen LogP contribution is 2.36. The first-order valence-electron chi connectivity index (χ1n) is 15.2. The topological polar surface area (TPSA) is 87.1 Å². The highest BCUT2D eigenvalue weighted by molar-refractivity contribution is 5.88. The van der Waals surface area contributed by atoms with Crippen LogP contribution in [0.3, 0.4) is 0 Å². The highest BCUT2D eigenvalue weighted by Gasteiger charge is 2.27. The molecule has 0 heterocycles. The molecule has 2 unspecified atom stereocenters. The van der Waals surface area contributed by atoms with E-state index in [9.17, 15) is 14.7 Å². The fourth-order valence-corrected chi connectivity index (χ4v) is 5.92. The Morgan fingerprint density at radius 2 is 1.71 bits per heavy atom. The first-order chi connectivity index (χ1) is 20.0. The Morgan fingerprint density at radius 3 is 2.40 bits per heavy atom. The van der Waals surface area contributed by atoms with E-state index in [4.69, 9.17) is 9.84 Å². The predicted molar refractivity (Wildman–Crippen MR) is 166 cm³/mol. The number of rotatable bonds is 13. The molecule has 0 radical (unpaired) electrons. The number of para-hydroxylation sites is 1. The summed E-state index contributed by atoms with van der Waals surface area (Å²) >= 11 is 0. The Morgan fingerprint density at radius 1 is 0.976 bits per heavy atom. The van der Waals surface area contributed by atoms with Crippen LogP contribution in [0.4, 0.5) is 0 Å². The maximum Gasteiger partial charge on any atom is 0.335 e. The van der Waals surface area contributed by atoms with Crippen molar-refractivity contribution in [3.63, 3.8) is 0 Å². The average molecular weight is 572 g/mol. The van der Waals surface area contributed by atoms with E-state index in [0.717, 1.165) is 67.6 Å². The van der Waals surface area contributed by atoms with Gasteiger partial charge in [0.1, 0.15) is 11.9 Å². The van der Waals surface area contributed by atoms with Crippen molar-refractivity contribution in [3.05, 3.63) is 100 Å². The van der Waals surface area contributed by atoms with E-state index in [1.165, 1.54) is 11.1 Å². The van der Waals surface area contributed by atoms with Crippen LogP contribution in [0.1, 0.15) is 110 Å². The number of hydrogen-bond acceptors (Lipinski definition) is 4. The van der Waals surface area contributed by atoms with Crippen LogP contribution in [0.2, 0.25) is 0 Å². The zero-order valence-corrected chi connectivity index (χ0v) is 25.4. The Bertz CT molecular complexity index is 1360. The minimum atomic E-state index is -0.901. The van der Waals surface area contributed by atoms with Crippen molar-refractivity contribution in [2.45, 2.75) is 90.2 Å². The van der Waals surface area contributed by atoms with E-state index >= 15 is 0 Å². The summed E-state index contributed by atoms with van der Waals surface area (Å²) < 4.78 is 6.51. The van der Waals surface area contributed by atoms with Gasteiger partial charge in [-0.2, -0.15) is 0 Å². The number of nitrogens with zero attached hydrogens (tertiary/aromatic N) is 1. The molecule has 6 nitrogen and oxygen atoms in total. The highest BCUT2D eigenvalue weighted by atomic mass is 16.5. The average Bonchev–Trinajstić information content (AvgIpc) is 2.96. The van der Waals surface area contributed by atoms with Gasteiger partial charge in [0.2, 0.25) is 0 Å². The van der Waals surface area contributed by atoms with E-state index in [1.807, 2.05) is 30.3 Å². The normalized spacial score (nSPS) is 15.7. The van der Waals surface area contributed by atoms with Crippen LogP contribution >= 0.6 is 0 Å². The summed E-state index contributed by atoms with van der Waals surface area (Å²) in [6.45, 7) is 10.3. The van der Waals surface area contributed by atoms with Crippen molar-refractivity contribution in [3.8, 4) is 5.75 Å². The molecule has 1 aliphatic carbocycles. The van der Waals surface area contributed by atoms with Crippen LogP contribution < -0.4 is 4.74 Å². The lowest BCUT2D eigenvalue weighted by atomic mass is 9.85. The van der Waals surface area contributed by atoms with Crippen LogP contribution in [0.15, 0.2) is 66.7 Å². The van der Waals surface area contributed by atoms with Crippen molar-refractivity contribution in [1.29, 1.82) is 0 Å². The molecule has 6 heteroatoms. The summed E-state index contributed by atoms with van der Waals surface area (Å²) in [7, 11) is 0. The molecule has 2 atom stereocenters. The molecule has 0 fully saturated rings. The van der Waals surface area contributed by atoms with Gasteiger partial charge < -0.3 is 14.9 Å². The first-order valence-corrected chi connectivity index (χ1v) is 15.2. The second kappa shape index (κ2) is 14.0. The molecular formula is C36H45NO5. The fraction of sp³-hybridized carbons (Fsp3) is 0.444. The number of ether oxygens (including phenoxy) is 1. The summed E-state index contributed by atoms with van der Waals surface area (Å²) in [5.41, 5.74) is 6.31. The molecular weight excluding hydrogens is 526 g/mol. The largest absolute Gasteiger partial charge is 0.486 e. The lowest BCUT2D eigenvalue weighted by Gasteiger charge is -2.36. The molecule has 3 aromatic carbocycles. The third-order valence-corrected chi connectivity index (χ3v) is 8.39. The number of hydrogen-bond donors (Lipinski definition) is 2. The molecule has 0 spiro atoms. The molecule has 1 aliphatic rings. The van der Waals surface area contributed by atoms with Crippen molar-refractivity contribution >= 4 is 11.9 Å². The SMILES string of the molecule is CC(Oc1ccccc1CCN(CCCCC(=O)O)C1CCCc2cc(C(=O)O)ccc21)c1ccc(C(C)(C)C)cc1. The molecule has 4 rings (SSSR count). The first kappa shape index (κ1) is 31.3. The molecule has 0 bridgehead atoms. The van der Waals surface area contributed by atoms with Gasteiger partial charge in [0.05, 0.1) is 5.56 Å². The van der Waals surface area contributed by atoms with Crippen LogP contribution in [0.5, 0.6) is 5.75 Å². The summed E-state index contributed by atoms with van der Waals surface area (Å²) in [6.07, 6.45) is 5.17. The summed E-state index contributed by atoms with van der Waals surface area (Å²) in [5, 5.41) is 18.6. The number of unbranched alkanes of at least 4 members (excludes halogenated alkanes) is 1. The van der Waals surface area contributed by atoms with Crippen molar-refractivity contribution in [2.24, 2.45) is 0 Å². The summed E-state index contributed by atoms with van der Waals surface area (Å²) in [4.78, 5) is 25.2. The van der Waals surface area contributed by atoms with Crippen molar-refractivity contribution in [2.75, 3.05) is 13.1 Å². The van der Waals surface area contributed by atoms with Crippen molar-refractivity contribution < 1.29 is 24.5 Å². The summed E-state index contributed by atoms with van der Waals surface area (Å²) in [5.74, 6) is -0.786. The second-order valence-electron chi connectivity index (χ2n) is 12.5. The standard InChI is InChI=1S/C36H45NO5/c1-25(26-15-18-30(19-16-26)36(2,3)4)42-33-13-6-5-10-27(33)21-23-37(22-8-7-14-34(38)39)32-12-9-11-28-24-29(35(40)41)17-20-31(28)32/h5-6,10,13,15-20,24-25,32H,7-9,11-12,14,21-23H2,1-4H3,(H,38,39)(H,40,41). The van der Waals surface area contributed by atoms with E-state index in [0.29, 0.717) is 12.0 Å². The quantitative estimate of drug-likeness (QED) is 0.202. The molecule has 224 valence electrons. The molecule has 3 aromatic rings. The zero-order valence-electron chi connectivity index (χ0n) is 25.4. The van der Waals surface area contributed by atoms with E-state index in [-0.39, 0.29) is 24.0 Å². The maximum absolute atomic E-state index is 11.6. The van der Waals surface area contributed by atoms with Gasteiger partial charge >= 0.3 is 11.9 Å². The van der Waals surface area contributed by atoms with Gasteiger partial charge in [0.25, 0.3) is 0 Å². The molecule has 0 amide bonds. The number of fused-ring (bicyclic) bond motifs is 1. The smallest absolute Gasteiger partial charge is 0.335 e. The van der Waals surface area contributed by atoms with Gasteiger partial charge in [-0.1, -0.05) is 69.3 Å². The maximum atomic E-state index is 11.6. The molecule has 2 N–H and O–H groups in total. The van der Waals surface area contributed by atoms with Crippen LogP contribution in [-0.2, 0) is 23.1 Å². The molecule has 0 saturated heterocycles. The van der Waals surface area contributed by atoms with Gasteiger partial charge in [0, 0.05) is 19.0 Å². The summed E-state index contributed by atoms with van der Waals surface area (Å²) in [6, 6.07) is 22.6. The van der Waals surface area contributed by atoms with Gasteiger partial charge in [-0.3, -0.25) is 9.69 Å². The van der Waals surface area contributed by atoms with E-state index in [1.54, 1.807) is 6.07 Å². The Balaban J connectivity index is 1.50. The van der Waals surface area contributed by atoms with Crippen LogP contribution in [0, 0.1) is 0 Å². The molecule has 0 aromatic heterocycles. The molecule has 42 heavy (non-hydrogen) atoms. The molecule has 0 aliphatic heterocycles. The van der Waals surface area contributed by atoms with Gasteiger partial charge in [-0.25, -0.2) is 4.79 Å². The number of carboxylic acids is 2. The fourth-order valence-electron chi connectivity index (χ4n) is 5.92. The molecule has 0 saturated carbocycles. The van der Waals surface area contributed by atoms with Gasteiger partial charge in [0.15, 0.2) is 0 Å². The Hall–Kier alpha value is -3.64. The second-order valence-corrected chi connectivity index (χ2v) is 12.5. The minimum Gasteiger partial charge on any atom is -0.486 e. The number of aliphatic carboxylic acids is 1. The lowest BCUT2D eigenvalue weighted by Crippen LogP contribution is -2.34. The van der Waals surface area contributed by atoms with E-state index in [2.05, 4.69) is 62.9 Å². The Labute approximate surface area is 250 Å². The van der Waals surface area contributed by atoms with Crippen LogP contribution in [0.25, 0.3) is 0 Å². The third kappa shape index (κ3) is 8.22. The van der Waals surface area contributed by atoms with Gasteiger partial charge in [-0.05, 0) is 103 Å². The van der Waals surface area contributed by atoms with Crippen LogP contribution in [-0.4, -0.2) is 40.1 Å². The van der Waals surface area contributed by atoms with E-state index < -0.39 is 11.9 Å². The number of benzene rings is 3. The number of carboxylic acid groups (broad SMARTS) is 2. The van der Waals surface area contributed by atoms with Crippen molar-refractivity contribution in [1.82, 2.24) is 4.90 Å². The zero-order chi connectivity index (χ0) is 30.3.